The normalized spacial score (nSPS) is 13.3. The molecule has 7 nitrogen and oxygen atoms in total. The number of sulfonamides is 1. The van der Waals surface area contributed by atoms with E-state index < -0.39 is 10.0 Å². The molecule has 8 heteroatoms. The Bertz CT molecular complexity index is 1220. The first kappa shape index (κ1) is 23.8. The van der Waals surface area contributed by atoms with Gasteiger partial charge in [-0.1, -0.05) is 42.5 Å². The summed E-state index contributed by atoms with van der Waals surface area (Å²) in [4.78, 5) is 12.6. The number of hydrogen-bond donors (Lipinski definition) is 2. The second-order valence-corrected chi connectivity index (χ2v) is 9.87. The number of methoxy groups -OCH3 is 1. The molecule has 1 aliphatic rings. The van der Waals surface area contributed by atoms with Crippen LogP contribution in [0.15, 0.2) is 77.7 Å². The number of carbonyl (C=O) groups is 1. The first-order chi connectivity index (χ1) is 16.4. The maximum absolute atomic E-state index is 12.7. The van der Waals surface area contributed by atoms with Gasteiger partial charge in [0.05, 0.1) is 7.11 Å². The summed E-state index contributed by atoms with van der Waals surface area (Å²) >= 11 is 0. The lowest BCUT2D eigenvalue weighted by Gasteiger charge is -2.12. The van der Waals surface area contributed by atoms with Crippen molar-refractivity contribution < 1.29 is 22.7 Å². The highest BCUT2D eigenvalue weighted by Crippen LogP contribution is 2.28. The van der Waals surface area contributed by atoms with Crippen molar-refractivity contribution in [1.29, 1.82) is 0 Å². The second kappa shape index (κ2) is 10.7. The van der Waals surface area contributed by atoms with Crippen LogP contribution in [0.25, 0.3) is 0 Å². The van der Waals surface area contributed by atoms with E-state index in [9.17, 15) is 13.2 Å². The van der Waals surface area contributed by atoms with Crippen LogP contribution in [0.2, 0.25) is 0 Å². The van der Waals surface area contributed by atoms with Crippen LogP contribution in [-0.4, -0.2) is 34.0 Å². The molecule has 0 aliphatic heterocycles. The molecule has 0 atom stereocenters. The number of carbonyl (C=O) groups excluding carboxylic acids is 1. The van der Waals surface area contributed by atoms with E-state index in [1.54, 1.807) is 6.07 Å². The Morgan fingerprint density at radius 2 is 1.71 bits per heavy atom. The first-order valence-electron chi connectivity index (χ1n) is 11.2. The van der Waals surface area contributed by atoms with E-state index in [4.69, 9.17) is 9.47 Å². The van der Waals surface area contributed by atoms with Crippen LogP contribution in [0, 0.1) is 0 Å². The van der Waals surface area contributed by atoms with Crippen molar-refractivity contribution in [1.82, 2.24) is 10.0 Å². The van der Waals surface area contributed by atoms with Crippen LogP contribution in [0.1, 0.15) is 34.3 Å². The van der Waals surface area contributed by atoms with Crippen molar-refractivity contribution in [2.24, 2.45) is 0 Å². The minimum atomic E-state index is -3.75. The third-order valence-electron chi connectivity index (χ3n) is 5.49. The monoisotopic (exact) mass is 480 g/mol. The topological polar surface area (TPSA) is 93.7 Å². The summed E-state index contributed by atoms with van der Waals surface area (Å²) in [6, 6.07) is 22.1. The zero-order chi connectivity index (χ0) is 24.0. The van der Waals surface area contributed by atoms with Gasteiger partial charge in [-0.15, -0.1) is 0 Å². The molecule has 0 saturated heterocycles. The van der Waals surface area contributed by atoms with E-state index in [0.29, 0.717) is 19.6 Å². The minimum Gasteiger partial charge on any atom is -0.495 e. The average molecular weight is 481 g/mol. The van der Waals surface area contributed by atoms with Gasteiger partial charge in [0, 0.05) is 18.2 Å². The fourth-order valence-corrected chi connectivity index (χ4v) is 4.93. The molecular weight excluding hydrogens is 452 g/mol. The highest BCUT2D eigenvalue weighted by Gasteiger charge is 2.30. The Labute approximate surface area is 200 Å². The molecule has 3 aromatic rings. The SMILES string of the molecule is COc1ccc(C(=O)NCCc2ccc(OCc3ccccc3)cc2)cc1S(=O)(=O)NC1CC1. The van der Waals surface area contributed by atoms with E-state index in [2.05, 4.69) is 10.0 Å². The summed E-state index contributed by atoms with van der Waals surface area (Å²) in [5.74, 6) is 0.649. The third-order valence-corrected chi connectivity index (χ3v) is 7.03. The summed E-state index contributed by atoms with van der Waals surface area (Å²) in [7, 11) is -2.35. The zero-order valence-electron chi connectivity index (χ0n) is 19.0. The lowest BCUT2D eigenvalue weighted by molar-refractivity contribution is 0.0954. The van der Waals surface area contributed by atoms with Crippen molar-refractivity contribution >= 4 is 15.9 Å². The molecule has 0 unspecified atom stereocenters. The number of nitrogens with one attached hydrogen (secondary N) is 2. The van der Waals surface area contributed by atoms with Crippen LogP contribution in [-0.2, 0) is 23.1 Å². The van der Waals surface area contributed by atoms with Gasteiger partial charge in [0.2, 0.25) is 10.0 Å². The van der Waals surface area contributed by atoms with Gasteiger partial charge in [-0.3, -0.25) is 4.79 Å². The first-order valence-corrected chi connectivity index (χ1v) is 12.7. The van der Waals surface area contributed by atoms with Crippen LogP contribution < -0.4 is 19.5 Å². The number of benzene rings is 3. The molecule has 0 heterocycles. The largest absolute Gasteiger partial charge is 0.495 e. The number of rotatable bonds is 11. The van der Waals surface area contributed by atoms with Crippen molar-refractivity contribution in [3.05, 3.63) is 89.5 Å². The Hall–Kier alpha value is -3.36. The quantitative estimate of drug-likeness (QED) is 0.437. The fourth-order valence-electron chi connectivity index (χ4n) is 3.43. The van der Waals surface area contributed by atoms with E-state index in [-0.39, 0.29) is 28.2 Å². The van der Waals surface area contributed by atoms with E-state index in [0.717, 1.165) is 29.7 Å². The number of ether oxygens (including phenoxy) is 2. The van der Waals surface area contributed by atoms with Crippen LogP contribution in [0.4, 0.5) is 0 Å². The Balaban J connectivity index is 1.31. The standard InChI is InChI=1S/C26H28N2O5S/c1-32-24-14-9-21(17-25(24)34(30,31)28-22-10-11-22)26(29)27-16-15-19-7-12-23(13-8-19)33-18-20-5-3-2-4-6-20/h2-9,12-14,17,22,28H,10-11,15-16,18H2,1H3,(H,27,29). The predicted octanol–water partition coefficient (Wildman–Crippen LogP) is 3.69. The van der Waals surface area contributed by atoms with Gasteiger partial charge in [0.1, 0.15) is 23.0 Å². The minimum absolute atomic E-state index is 0.0272. The molecule has 1 amide bonds. The van der Waals surface area contributed by atoms with E-state index in [1.807, 2.05) is 54.6 Å². The van der Waals surface area contributed by atoms with Crippen LogP contribution >= 0.6 is 0 Å². The molecule has 0 aromatic heterocycles. The molecule has 3 aromatic carbocycles. The van der Waals surface area contributed by atoms with Gasteiger partial charge in [0.15, 0.2) is 0 Å². The van der Waals surface area contributed by atoms with Gasteiger partial charge >= 0.3 is 0 Å². The van der Waals surface area contributed by atoms with Gasteiger partial charge in [-0.2, -0.15) is 0 Å². The Morgan fingerprint density at radius 3 is 2.38 bits per heavy atom. The van der Waals surface area contributed by atoms with Gasteiger partial charge in [0.25, 0.3) is 5.91 Å². The summed E-state index contributed by atoms with van der Waals surface area (Å²) in [5.41, 5.74) is 2.42. The fraction of sp³-hybridized carbons (Fsp3) is 0.269. The summed E-state index contributed by atoms with van der Waals surface area (Å²) < 4.78 is 38.9. The van der Waals surface area contributed by atoms with Gasteiger partial charge in [-0.05, 0) is 60.7 Å². The number of amides is 1. The lowest BCUT2D eigenvalue weighted by Crippen LogP contribution is -2.28. The van der Waals surface area contributed by atoms with Gasteiger partial charge in [-0.25, -0.2) is 13.1 Å². The predicted molar refractivity (Wildman–Crippen MR) is 130 cm³/mol. The smallest absolute Gasteiger partial charge is 0.251 e. The number of hydrogen-bond acceptors (Lipinski definition) is 5. The third kappa shape index (κ3) is 6.36. The molecule has 0 spiro atoms. The van der Waals surface area contributed by atoms with E-state index in [1.165, 1.54) is 19.2 Å². The molecule has 0 bridgehead atoms. The second-order valence-electron chi connectivity index (χ2n) is 8.19. The molecule has 2 N–H and O–H groups in total. The summed E-state index contributed by atoms with van der Waals surface area (Å²) in [6.07, 6.45) is 2.28. The zero-order valence-corrected chi connectivity index (χ0v) is 19.8. The lowest BCUT2D eigenvalue weighted by atomic mass is 10.1. The van der Waals surface area contributed by atoms with E-state index >= 15 is 0 Å². The Morgan fingerprint density at radius 1 is 0.971 bits per heavy atom. The summed E-state index contributed by atoms with van der Waals surface area (Å²) in [5, 5.41) is 2.85. The average Bonchev–Trinajstić information content (AvgIpc) is 3.67. The van der Waals surface area contributed by atoms with Crippen molar-refractivity contribution in [3.8, 4) is 11.5 Å². The maximum Gasteiger partial charge on any atom is 0.251 e. The molecule has 1 fully saturated rings. The van der Waals surface area contributed by atoms with Gasteiger partial charge < -0.3 is 14.8 Å². The molecule has 34 heavy (non-hydrogen) atoms. The van der Waals surface area contributed by atoms with Crippen molar-refractivity contribution in [2.45, 2.75) is 36.8 Å². The highest BCUT2D eigenvalue weighted by molar-refractivity contribution is 7.89. The highest BCUT2D eigenvalue weighted by atomic mass is 32.2. The van der Waals surface area contributed by atoms with Crippen molar-refractivity contribution in [3.63, 3.8) is 0 Å². The molecule has 4 rings (SSSR count). The van der Waals surface area contributed by atoms with Crippen LogP contribution in [0.3, 0.4) is 0 Å². The van der Waals surface area contributed by atoms with Crippen molar-refractivity contribution in [2.75, 3.05) is 13.7 Å². The molecular formula is C26H28N2O5S. The molecule has 1 saturated carbocycles. The molecule has 0 radical (unpaired) electrons. The summed E-state index contributed by atoms with van der Waals surface area (Å²) in [6.45, 7) is 0.920. The van der Waals surface area contributed by atoms with Crippen LogP contribution in [0.5, 0.6) is 11.5 Å². The molecule has 178 valence electrons. The Kier molecular flexibility index (Phi) is 7.49. The molecule has 1 aliphatic carbocycles. The maximum atomic E-state index is 12.7.